The second kappa shape index (κ2) is 7.78. The SMILES string of the molecule is O=C(c1cnc(NC2(c3cncnc3)CC2)nc1)N1CCC(C(O)C(F)(F)F)CC1. The number of aliphatic hydroxyl groups excluding tert-OH is 1. The van der Waals surface area contributed by atoms with Crippen molar-refractivity contribution in [2.24, 2.45) is 5.92 Å². The Bertz CT molecular complexity index is 881. The summed E-state index contributed by atoms with van der Waals surface area (Å²) >= 11 is 0. The van der Waals surface area contributed by atoms with Crippen molar-refractivity contribution < 1.29 is 23.1 Å². The number of nitrogens with zero attached hydrogens (tertiary/aromatic N) is 5. The lowest BCUT2D eigenvalue weighted by Crippen LogP contribution is -2.45. The average Bonchev–Trinajstić information content (AvgIpc) is 3.54. The van der Waals surface area contributed by atoms with Crippen molar-refractivity contribution in [2.45, 2.75) is 43.5 Å². The van der Waals surface area contributed by atoms with Gasteiger partial charge in [0.05, 0.1) is 11.1 Å². The van der Waals surface area contributed by atoms with Crippen LogP contribution in [0.25, 0.3) is 0 Å². The lowest BCUT2D eigenvalue weighted by Gasteiger charge is -2.34. The molecule has 0 aromatic carbocycles. The third kappa shape index (κ3) is 4.20. The molecule has 3 heterocycles. The Balaban J connectivity index is 1.35. The normalized spacial score (nSPS) is 19.9. The fraction of sp³-hybridized carbons (Fsp3) is 0.526. The van der Waals surface area contributed by atoms with Crippen LogP contribution in [0.4, 0.5) is 19.1 Å². The van der Waals surface area contributed by atoms with Crippen molar-refractivity contribution in [3.05, 3.63) is 42.2 Å². The van der Waals surface area contributed by atoms with E-state index in [9.17, 15) is 23.1 Å². The summed E-state index contributed by atoms with van der Waals surface area (Å²) in [5.74, 6) is -0.854. The van der Waals surface area contributed by atoms with Gasteiger partial charge in [0.2, 0.25) is 5.95 Å². The zero-order chi connectivity index (χ0) is 21.4. The largest absolute Gasteiger partial charge is 0.414 e. The fourth-order valence-corrected chi connectivity index (χ4v) is 3.74. The number of halogens is 3. The van der Waals surface area contributed by atoms with Crippen LogP contribution >= 0.6 is 0 Å². The van der Waals surface area contributed by atoms with E-state index in [2.05, 4.69) is 25.3 Å². The number of hydrogen-bond donors (Lipinski definition) is 2. The summed E-state index contributed by atoms with van der Waals surface area (Å²) in [5.41, 5.74) is 0.912. The van der Waals surface area contributed by atoms with E-state index in [1.807, 2.05) is 0 Å². The van der Waals surface area contributed by atoms with Crippen molar-refractivity contribution in [2.75, 3.05) is 18.4 Å². The van der Waals surface area contributed by atoms with Gasteiger partial charge in [0.15, 0.2) is 6.10 Å². The third-order valence-corrected chi connectivity index (χ3v) is 5.72. The maximum absolute atomic E-state index is 12.7. The van der Waals surface area contributed by atoms with Crippen LogP contribution in [-0.2, 0) is 5.54 Å². The zero-order valence-corrected chi connectivity index (χ0v) is 16.0. The summed E-state index contributed by atoms with van der Waals surface area (Å²) in [4.78, 5) is 30.6. The minimum atomic E-state index is -4.64. The molecule has 4 rings (SSSR count). The first-order valence-electron chi connectivity index (χ1n) is 9.68. The number of carbonyl (C=O) groups excluding carboxylic acids is 1. The van der Waals surface area contributed by atoms with Gasteiger partial charge < -0.3 is 15.3 Å². The molecule has 160 valence electrons. The number of alkyl halides is 3. The Kier molecular flexibility index (Phi) is 5.31. The first-order chi connectivity index (χ1) is 14.3. The van der Waals surface area contributed by atoms with Gasteiger partial charge in [0, 0.05) is 43.4 Å². The van der Waals surface area contributed by atoms with Crippen LogP contribution in [0.1, 0.15) is 41.6 Å². The van der Waals surface area contributed by atoms with Gasteiger partial charge >= 0.3 is 6.18 Å². The number of rotatable bonds is 5. The van der Waals surface area contributed by atoms with Gasteiger partial charge in [-0.25, -0.2) is 19.9 Å². The molecule has 1 atom stereocenters. The second-order valence-corrected chi connectivity index (χ2v) is 7.75. The average molecular weight is 422 g/mol. The Hall–Kier alpha value is -2.82. The molecule has 1 amide bonds. The summed E-state index contributed by atoms with van der Waals surface area (Å²) in [7, 11) is 0. The van der Waals surface area contributed by atoms with Crippen molar-refractivity contribution in [1.82, 2.24) is 24.8 Å². The van der Waals surface area contributed by atoms with E-state index in [0.29, 0.717) is 5.95 Å². The molecule has 0 bridgehead atoms. The van der Waals surface area contributed by atoms with E-state index in [1.165, 1.54) is 23.6 Å². The van der Waals surface area contributed by atoms with Gasteiger partial charge in [-0.3, -0.25) is 4.79 Å². The van der Waals surface area contributed by atoms with Crippen LogP contribution in [-0.4, -0.2) is 61.2 Å². The molecular formula is C19H21F3N6O2. The second-order valence-electron chi connectivity index (χ2n) is 7.75. The predicted molar refractivity (Wildman–Crippen MR) is 99.3 cm³/mol. The molecule has 30 heavy (non-hydrogen) atoms. The third-order valence-electron chi connectivity index (χ3n) is 5.72. The number of anilines is 1. The van der Waals surface area contributed by atoms with Gasteiger partial charge in [-0.05, 0) is 31.6 Å². The summed E-state index contributed by atoms with van der Waals surface area (Å²) in [5, 5.41) is 12.7. The van der Waals surface area contributed by atoms with Gasteiger partial charge in [-0.2, -0.15) is 13.2 Å². The highest BCUT2D eigenvalue weighted by molar-refractivity contribution is 5.93. The Morgan fingerprint density at radius 3 is 2.27 bits per heavy atom. The summed E-state index contributed by atoms with van der Waals surface area (Å²) in [6, 6.07) is 0. The van der Waals surface area contributed by atoms with Gasteiger partial charge in [0.1, 0.15) is 6.33 Å². The zero-order valence-electron chi connectivity index (χ0n) is 16.0. The van der Waals surface area contributed by atoms with Gasteiger partial charge in [0.25, 0.3) is 5.91 Å². The van der Waals surface area contributed by atoms with Crippen LogP contribution in [0, 0.1) is 5.92 Å². The van der Waals surface area contributed by atoms with Crippen molar-refractivity contribution in [3.8, 4) is 0 Å². The van der Waals surface area contributed by atoms with Crippen LogP contribution < -0.4 is 5.32 Å². The molecule has 1 aliphatic carbocycles. The van der Waals surface area contributed by atoms with Crippen LogP contribution in [0.5, 0.6) is 0 Å². The number of aromatic nitrogens is 4. The minimum Gasteiger partial charge on any atom is -0.383 e. The molecule has 2 N–H and O–H groups in total. The topological polar surface area (TPSA) is 104 Å². The number of nitrogens with one attached hydrogen (secondary N) is 1. The molecule has 1 saturated carbocycles. The van der Waals surface area contributed by atoms with E-state index >= 15 is 0 Å². The number of carbonyl (C=O) groups is 1. The van der Waals surface area contributed by atoms with Crippen LogP contribution in [0.15, 0.2) is 31.1 Å². The molecular weight excluding hydrogens is 401 g/mol. The Morgan fingerprint density at radius 2 is 1.73 bits per heavy atom. The molecule has 2 aliphatic rings. The maximum atomic E-state index is 12.7. The Morgan fingerprint density at radius 1 is 1.13 bits per heavy atom. The monoisotopic (exact) mass is 422 g/mol. The van der Waals surface area contributed by atoms with E-state index in [-0.39, 0.29) is 42.9 Å². The number of aliphatic hydroxyl groups is 1. The lowest BCUT2D eigenvalue weighted by molar-refractivity contribution is -0.222. The number of likely N-dealkylation sites (tertiary alicyclic amines) is 1. The highest BCUT2D eigenvalue weighted by Gasteiger charge is 2.46. The molecule has 2 fully saturated rings. The molecule has 8 nitrogen and oxygen atoms in total. The van der Waals surface area contributed by atoms with Gasteiger partial charge in [-0.15, -0.1) is 0 Å². The van der Waals surface area contributed by atoms with Crippen LogP contribution in [0.3, 0.4) is 0 Å². The molecule has 2 aromatic heterocycles. The highest BCUT2D eigenvalue weighted by atomic mass is 19.4. The molecule has 1 aliphatic heterocycles. The number of amides is 1. The number of hydrogen-bond acceptors (Lipinski definition) is 7. The maximum Gasteiger partial charge on any atom is 0.414 e. The van der Waals surface area contributed by atoms with E-state index in [4.69, 9.17) is 0 Å². The smallest absolute Gasteiger partial charge is 0.383 e. The van der Waals surface area contributed by atoms with E-state index < -0.39 is 18.2 Å². The molecule has 2 aromatic rings. The predicted octanol–water partition coefficient (Wildman–Crippen LogP) is 2.14. The highest BCUT2D eigenvalue weighted by Crippen LogP contribution is 2.47. The van der Waals surface area contributed by atoms with Crippen molar-refractivity contribution in [1.29, 1.82) is 0 Å². The molecule has 0 spiro atoms. The fourth-order valence-electron chi connectivity index (χ4n) is 3.74. The van der Waals surface area contributed by atoms with Crippen molar-refractivity contribution >= 4 is 11.9 Å². The first-order valence-corrected chi connectivity index (χ1v) is 9.68. The molecule has 1 saturated heterocycles. The number of piperidine rings is 1. The molecule has 11 heteroatoms. The van der Waals surface area contributed by atoms with E-state index in [1.54, 1.807) is 12.4 Å². The minimum absolute atomic E-state index is 0.0918. The van der Waals surface area contributed by atoms with Crippen LogP contribution in [0.2, 0.25) is 0 Å². The summed E-state index contributed by atoms with van der Waals surface area (Å²) in [6.07, 6.45) is 2.73. The summed E-state index contributed by atoms with van der Waals surface area (Å²) in [6.45, 7) is 0.293. The lowest BCUT2D eigenvalue weighted by atomic mass is 9.90. The van der Waals surface area contributed by atoms with Gasteiger partial charge in [-0.1, -0.05) is 0 Å². The summed E-state index contributed by atoms with van der Waals surface area (Å²) < 4.78 is 38.0. The Labute approximate surface area is 170 Å². The quantitative estimate of drug-likeness (QED) is 0.761. The van der Waals surface area contributed by atoms with E-state index in [0.717, 1.165) is 18.4 Å². The first kappa shape index (κ1) is 20.5. The standard InChI is InChI=1S/C19H21F3N6O2/c20-19(21,22)15(29)12-1-5-28(6-2-12)16(30)13-7-25-17(26-8-13)27-18(3-4-18)14-9-23-11-24-10-14/h7-12,15,29H,1-6H2,(H,25,26,27). The molecule has 0 radical (unpaired) electrons. The van der Waals surface area contributed by atoms with Crippen molar-refractivity contribution in [3.63, 3.8) is 0 Å². The molecule has 1 unspecified atom stereocenters.